The van der Waals surface area contributed by atoms with Gasteiger partial charge in [0.15, 0.2) is 11.3 Å². The van der Waals surface area contributed by atoms with Crippen LogP contribution in [0.4, 0.5) is 11.6 Å². The normalized spacial score (nSPS) is 15.2. The number of rotatable bonds is 6. The first-order chi connectivity index (χ1) is 16.3. The maximum absolute atomic E-state index is 13.0. The Labute approximate surface area is 197 Å². The highest BCUT2D eigenvalue weighted by Crippen LogP contribution is 2.32. The van der Waals surface area contributed by atoms with Crippen molar-refractivity contribution >= 4 is 34.4 Å². The maximum atomic E-state index is 13.0. The SMILES string of the molecule is CNC(=O)C1CCN(c2cc(=O)c3cc(C)cc(C(C)Nc4ccccc4C(=O)O)c3o2)CC1. The number of aryl methyl sites for hydroxylation is 1. The van der Waals surface area contributed by atoms with Gasteiger partial charge in [-0.05, 0) is 50.5 Å². The van der Waals surface area contributed by atoms with Crippen molar-refractivity contribution < 1.29 is 19.1 Å². The summed E-state index contributed by atoms with van der Waals surface area (Å²) in [6.45, 7) is 5.06. The van der Waals surface area contributed by atoms with Gasteiger partial charge in [0.25, 0.3) is 0 Å². The van der Waals surface area contributed by atoms with Crippen LogP contribution in [-0.4, -0.2) is 37.1 Å². The van der Waals surface area contributed by atoms with E-state index in [0.29, 0.717) is 48.5 Å². The number of hydrogen-bond acceptors (Lipinski definition) is 6. The van der Waals surface area contributed by atoms with Crippen LogP contribution in [0.15, 0.2) is 51.7 Å². The molecule has 3 aromatic rings. The molecule has 0 aliphatic carbocycles. The predicted molar refractivity (Wildman–Crippen MR) is 132 cm³/mol. The smallest absolute Gasteiger partial charge is 0.337 e. The van der Waals surface area contributed by atoms with Gasteiger partial charge >= 0.3 is 5.97 Å². The Balaban J connectivity index is 1.69. The number of fused-ring (bicyclic) bond motifs is 1. The minimum Gasteiger partial charge on any atom is -0.478 e. The highest BCUT2D eigenvalue weighted by molar-refractivity contribution is 5.94. The van der Waals surface area contributed by atoms with E-state index in [-0.39, 0.29) is 28.9 Å². The number of carbonyl (C=O) groups is 2. The molecule has 1 unspecified atom stereocenters. The average Bonchev–Trinajstić information content (AvgIpc) is 2.83. The molecule has 4 rings (SSSR count). The number of anilines is 2. The van der Waals surface area contributed by atoms with E-state index >= 15 is 0 Å². The van der Waals surface area contributed by atoms with E-state index in [0.717, 1.165) is 11.1 Å². The molecule has 1 amide bonds. The van der Waals surface area contributed by atoms with E-state index in [9.17, 15) is 19.5 Å². The third-order valence-corrected chi connectivity index (χ3v) is 6.41. The highest BCUT2D eigenvalue weighted by Gasteiger charge is 2.26. The summed E-state index contributed by atoms with van der Waals surface area (Å²) in [5, 5.41) is 16.0. The largest absolute Gasteiger partial charge is 0.478 e. The van der Waals surface area contributed by atoms with Gasteiger partial charge in [-0.15, -0.1) is 0 Å². The van der Waals surface area contributed by atoms with E-state index in [1.54, 1.807) is 31.3 Å². The van der Waals surface area contributed by atoms with Gasteiger partial charge < -0.3 is 25.1 Å². The Hall–Kier alpha value is -3.81. The lowest BCUT2D eigenvalue weighted by molar-refractivity contribution is -0.125. The van der Waals surface area contributed by atoms with E-state index in [4.69, 9.17) is 4.42 Å². The number of benzene rings is 2. The molecule has 0 spiro atoms. The van der Waals surface area contributed by atoms with Crippen molar-refractivity contribution in [1.82, 2.24) is 5.32 Å². The van der Waals surface area contributed by atoms with Crippen molar-refractivity contribution in [2.24, 2.45) is 5.92 Å². The van der Waals surface area contributed by atoms with Crippen molar-refractivity contribution in [3.05, 3.63) is 69.4 Å². The first-order valence-electron chi connectivity index (χ1n) is 11.4. The Bertz CT molecular complexity index is 1290. The van der Waals surface area contributed by atoms with Crippen molar-refractivity contribution in [2.75, 3.05) is 30.4 Å². The molecule has 2 aromatic carbocycles. The predicted octanol–water partition coefficient (Wildman–Crippen LogP) is 3.94. The second-order valence-corrected chi connectivity index (χ2v) is 8.77. The molecule has 1 aliphatic rings. The summed E-state index contributed by atoms with van der Waals surface area (Å²) >= 11 is 0. The summed E-state index contributed by atoms with van der Waals surface area (Å²) < 4.78 is 6.30. The fraction of sp³-hybridized carbons (Fsp3) is 0.346. The van der Waals surface area contributed by atoms with Crippen molar-refractivity contribution in [3.8, 4) is 0 Å². The number of nitrogens with zero attached hydrogens (tertiary/aromatic N) is 1. The summed E-state index contributed by atoms with van der Waals surface area (Å²) in [6.07, 6.45) is 1.37. The maximum Gasteiger partial charge on any atom is 0.337 e. The van der Waals surface area contributed by atoms with E-state index in [1.807, 2.05) is 30.9 Å². The molecule has 1 atom stereocenters. The first kappa shape index (κ1) is 23.4. The first-order valence-corrected chi connectivity index (χ1v) is 11.4. The summed E-state index contributed by atoms with van der Waals surface area (Å²) in [6, 6.07) is 11.7. The van der Waals surface area contributed by atoms with Crippen molar-refractivity contribution in [2.45, 2.75) is 32.7 Å². The quantitative estimate of drug-likeness (QED) is 0.508. The Morgan fingerprint density at radius 3 is 2.53 bits per heavy atom. The molecule has 178 valence electrons. The zero-order chi connectivity index (χ0) is 24.4. The van der Waals surface area contributed by atoms with Crippen molar-refractivity contribution in [1.29, 1.82) is 0 Å². The van der Waals surface area contributed by atoms with Gasteiger partial charge in [-0.25, -0.2) is 4.79 Å². The molecule has 1 aliphatic heterocycles. The molecule has 0 bridgehead atoms. The van der Waals surface area contributed by atoms with Gasteiger partial charge in [-0.2, -0.15) is 0 Å². The lowest BCUT2D eigenvalue weighted by Crippen LogP contribution is -2.39. The molecule has 8 heteroatoms. The lowest BCUT2D eigenvalue weighted by Gasteiger charge is -2.31. The second-order valence-electron chi connectivity index (χ2n) is 8.77. The van der Waals surface area contributed by atoms with Crippen LogP contribution in [-0.2, 0) is 4.79 Å². The van der Waals surface area contributed by atoms with Crippen LogP contribution >= 0.6 is 0 Å². The molecule has 0 radical (unpaired) electrons. The molecule has 3 N–H and O–H groups in total. The van der Waals surface area contributed by atoms with Gasteiger partial charge in [0, 0.05) is 43.4 Å². The van der Waals surface area contributed by atoms with Gasteiger partial charge in [-0.3, -0.25) is 9.59 Å². The van der Waals surface area contributed by atoms with Gasteiger partial charge in [0.2, 0.25) is 5.91 Å². The van der Waals surface area contributed by atoms with Gasteiger partial charge in [0.1, 0.15) is 5.58 Å². The van der Waals surface area contributed by atoms with Crippen LogP contribution in [0.25, 0.3) is 11.0 Å². The molecule has 2 heterocycles. The number of nitrogens with one attached hydrogen (secondary N) is 2. The number of carboxylic acid groups (broad SMARTS) is 1. The zero-order valence-electron chi connectivity index (χ0n) is 19.6. The number of aromatic carboxylic acids is 1. The number of para-hydroxylation sites is 1. The number of amides is 1. The Morgan fingerprint density at radius 2 is 1.85 bits per heavy atom. The number of carboxylic acids is 1. The van der Waals surface area contributed by atoms with Crippen LogP contribution < -0.4 is 21.0 Å². The van der Waals surface area contributed by atoms with Gasteiger partial charge in [-0.1, -0.05) is 18.2 Å². The molecular weight excluding hydrogens is 434 g/mol. The fourth-order valence-electron chi connectivity index (χ4n) is 4.57. The molecule has 0 saturated carbocycles. The van der Waals surface area contributed by atoms with Crippen LogP contribution in [0.2, 0.25) is 0 Å². The molecule has 8 nitrogen and oxygen atoms in total. The lowest BCUT2D eigenvalue weighted by atomic mass is 9.96. The van der Waals surface area contributed by atoms with Crippen LogP contribution in [0.3, 0.4) is 0 Å². The second kappa shape index (κ2) is 9.59. The summed E-state index contributed by atoms with van der Waals surface area (Å²) in [5.74, 6) is -0.529. The third-order valence-electron chi connectivity index (χ3n) is 6.41. The Morgan fingerprint density at radius 1 is 1.15 bits per heavy atom. The number of carbonyl (C=O) groups excluding carboxylic acids is 1. The average molecular weight is 464 g/mol. The summed E-state index contributed by atoms with van der Waals surface area (Å²) in [7, 11) is 1.64. The molecule has 34 heavy (non-hydrogen) atoms. The standard InChI is InChI=1S/C26H29N3O5/c1-15-12-19(16(2)28-21-7-5-4-6-18(21)26(32)33)24-20(13-15)22(30)14-23(34-24)29-10-8-17(9-11-29)25(31)27-3/h4-7,12-14,16-17,28H,8-11H2,1-3H3,(H,27,31)(H,32,33). The molecule has 1 fully saturated rings. The number of piperidine rings is 1. The molecule has 1 saturated heterocycles. The van der Waals surface area contributed by atoms with E-state index < -0.39 is 5.97 Å². The van der Waals surface area contributed by atoms with Crippen molar-refractivity contribution in [3.63, 3.8) is 0 Å². The minimum absolute atomic E-state index is 0.0369. The van der Waals surface area contributed by atoms with Crippen LogP contribution in [0.5, 0.6) is 0 Å². The molecular formula is C26H29N3O5. The van der Waals surface area contributed by atoms with Gasteiger partial charge in [0.05, 0.1) is 17.0 Å². The summed E-state index contributed by atoms with van der Waals surface area (Å²) in [5.41, 5.74) is 2.70. The Kier molecular flexibility index (Phi) is 6.58. The van der Waals surface area contributed by atoms with E-state index in [1.165, 1.54) is 6.07 Å². The molecule has 1 aromatic heterocycles. The minimum atomic E-state index is -1.02. The van der Waals surface area contributed by atoms with Crippen LogP contribution in [0, 0.1) is 12.8 Å². The van der Waals surface area contributed by atoms with E-state index in [2.05, 4.69) is 10.6 Å². The summed E-state index contributed by atoms with van der Waals surface area (Å²) in [4.78, 5) is 38.6. The number of hydrogen-bond donors (Lipinski definition) is 3. The zero-order valence-corrected chi connectivity index (χ0v) is 19.6. The fourth-order valence-corrected chi connectivity index (χ4v) is 4.57. The highest BCUT2D eigenvalue weighted by atomic mass is 16.4. The van der Waals surface area contributed by atoms with Crippen LogP contribution in [0.1, 0.15) is 47.3 Å². The third kappa shape index (κ3) is 4.62. The monoisotopic (exact) mass is 463 g/mol. The topological polar surface area (TPSA) is 112 Å².